The van der Waals surface area contributed by atoms with Gasteiger partial charge in [-0.2, -0.15) is 9.57 Å². The van der Waals surface area contributed by atoms with E-state index in [-0.39, 0.29) is 12.4 Å². The Kier molecular flexibility index (Phi) is 4.60. The van der Waals surface area contributed by atoms with Gasteiger partial charge in [0.25, 0.3) is 0 Å². The SMILES string of the molecule is CS(=O)(=O)N1[C@H](C#N)[C@H](c2ccc(-c3ccccc3F)cc2)[C@H]1CO. The molecule has 3 atom stereocenters. The summed E-state index contributed by atoms with van der Waals surface area (Å²) in [6, 6.07) is 13.9. The molecule has 0 bridgehead atoms. The Morgan fingerprint density at radius 2 is 1.84 bits per heavy atom. The van der Waals surface area contributed by atoms with Gasteiger partial charge in [0, 0.05) is 11.5 Å². The van der Waals surface area contributed by atoms with Crippen LogP contribution in [0.4, 0.5) is 4.39 Å². The highest BCUT2D eigenvalue weighted by Crippen LogP contribution is 2.42. The van der Waals surface area contributed by atoms with Crippen LogP contribution in [0.25, 0.3) is 11.1 Å². The molecule has 0 unspecified atom stereocenters. The molecule has 0 saturated carbocycles. The molecule has 1 N–H and O–H groups in total. The molecule has 0 amide bonds. The van der Waals surface area contributed by atoms with E-state index in [9.17, 15) is 23.2 Å². The molecule has 0 spiro atoms. The quantitative estimate of drug-likeness (QED) is 0.905. The average Bonchev–Trinajstić information content (AvgIpc) is 2.55. The van der Waals surface area contributed by atoms with Crippen molar-refractivity contribution in [3.05, 3.63) is 59.9 Å². The summed E-state index contributed by atoms with van der Waals surface area (Å²) in [5.41, 5.74) is 1.90. The van der Waals surface area contributed by atoms with Crippen molar-refractivity contribution in [2.75, 3.05) is 12.9 Å². The van der Waals surface area contributed by atoms with Gasteiger partial charge >= 0.3 is 0 Å². The smallest absolute Gasteiger partial charge is 0.212 e. The van der Waals surface area contributed by atoms with E-state index in [2.05, 4.69) is 0 Å². The number of aliphatic hydroxyl groups is 1. The molecular weight excluding hydrogens is 343 g/mol. The predicted octanol–water partition coefficient (Wildman–Crippen LogP) is 2.10. The first-order valence-corrected chi connectivity index (χ1v) is 9.57. The summed E-state index contributed by atoms with van der Waals surface area (Å²) in [6.07, 6.45) is 1.03. The van der Waals surface area contributed by atoms with Crippen LogP contribution in [0.1, 0.15) is 11.5 Å². The van der Waals surface area contributed by atoms with E-state index >= 15 is 0 Å². The second-order valence-corrected chi connectivity index (χ2v) is 7.93. The number of halogens is 1. The van der Waals surface area contributed by atoms with Crippen LogP contribution < -0.4 is 0 Å². The fourth-order valence-electron chi connectivity index (χ4n) is 3.40. The molecule has 5 nitrogen and oxygen atoms in total. The van der Waals surface area contributed by atoms with Crippen molar-refractivity contribution in [1.29, 1.82) is 5.26 Å². The van der Waals surface area contributed by atoms with Gasteiger partial charge in [-0.05, 0) is 17.2 Å². The first-order valence-electron chi connectivity index (χ1n) is 7.72. The van der Waals surface area contributed by atoms with Gasteiger partial charge in [-0.3, -0.25) is 0 Å². The van der Waals surface area contributed by atoms with E-state index in [4.69, 9.17) is 0 Å². The molecule has 3 rings (SSSR count). The summed E-state index contributed by atoms with van der Waals surface area (Å²) in [5.74, 6) is -0.746. The highest BCUT2D eigenvalue weighted by Gasteiger charge is 2.53. The van der Waals surface area contributed by atoms with E-state index in [0.717, 1.165) is 16.1 Å². The molecule has 1 aliphatic heterocycles. The fraction of sp³-hybridized carbons (Fsp3) is 0.278. The molecule has 0 aliphatic carbocycles. The number of nitrogens with zero attached hydrogens (tertiary/aromatic N) is 2. The highest BCUT2D eigenvalue weighted by atomic mass is 32.2. The minimum Gasteiger partial charge on any atom is -0.395 e. The fourth-order valence-corrected chi connectivity index (χ4v) is 4.68. The minimum atomic E-state index is -3.59. The number of sulfonamides is 1. The van der Waals surface area contributed by atoms with Crippen LogP contribution >= 0.6 is 0 Å². The maximum Gasteiger partial charge on any atom is 0.212 e. The number of benzene rings is 2. The molecular formula is C18H17FN2O3S. The molecule has 1 aliphatic rings. The van der Waals surface area contributed by atoms with Crippen molar-refractivity contribution in [2.24, 2.45) is 0 Å². The molecule has 1 heterocycles. The van der Waals surface area contributed by atoms with Gasteiger partial charge in [-0.25, -0.2) is 12.8 Å². The van der Waals surface area contributed by atoms with Gasteiger partial charge < -0.3 is 5.11 Å². The van der Waals surface area contributed by atoms with Crippen molar-refractivity contribution in [1.82, 2.24) is 4.31 Å². The van der Waals surface area contributed by atoms with Crippen LogP contribution in [0, 0.1) is 17.1 Å². The highest BCUT2D eigenvalue weighted by molar-refractivity contribution is 7.88. The van der Waals surface area contributed by atoms with Gasteiger partial charge in [0.2, 0.25) is 10.0 Å². The van der Waals surface area contributed by atoms with Crippen molar-refractivity contribution < 1.29 is 17.9 Å². The van der Waals surface area contributed by atoms with E-state index < -0.39 is 28.0 Å². The van der Waals surface area contributed by atoms with Crippen LogP contribution in [0.2, 0.25) is 0 Å². The number of rotatable bonds is 4. The monoisotopic (exact) mass is 360 g/mol. The molecule has 25 heavy (non-hydrogen) atoms. The third-order valence-corrected chi connectivity index (χ3v) is 5.80. The summed E-state index contributed by atoms with van der Waals surface area (Å²) in [7, 11) is -3.59. The van der Waals surface area contributed by atoms with Gasteiger partial charge in [-0.1, -0.05) is 42.5 Å². The molecule has 1 fully saturated rings. The Bertz CT molecular complexity index is 922. The summed E-state index contributed by atoms with van der Waals surface area (Å²) in [4.78, 5) is 0. The number of hydrogen-bond acceptors (Lipinski definition) is 4. The van der Waals surface area contributed by atoms with E-state index in [0.29, 0.717) is 11.1 Å². The van der Waals surface area contributed by atoms with Crippen molar-refractivity contribution in [3.63, 3.8) is 0 Å². The lowest BCUT2D eigenvalue weighted by molar-refractivity contribution is 0.0564. The molecule has 2 aromatic rings. The van der Waals surface area contributed by atoms with Crippen LogP contribution in [0.15, 0.2) is 48.5 Å². The number of aliphatic hydroxyl groups excluding tert-OH is 1. The minimum absolute atomic E-state index is 0.328. The summed E-state index contributed by atoms with van der Waals surface area (Å²) >= 11 is 0. The van der Waals surface area contributed by atoms with Gasteiger partial charge in [-0.15, -0.1) is 0 Å². The van der Waals surface area contributed by atoms with Crippen molar-refractivity contribution in [2.45, 2.75) is 18.0 Å². The van der Waals surface area contributed by atoms with Crippen LogP contribution in [-0.2, 0) is 10.0 Å². The first kappa shape index (κ1) is 17.5. The van der Waals surface area contributed by atoms with E-state index in [1.165, 1.54) is 6.07 Å². The van der Waals surface area contributed by atoms with E-state index in [1.807, 2.05) is 6.07 Å². The Morgan fingerprint density at radius 3 is 2.36 bits per heavy atom. The topological polar surface area (TPSA) is 81.4 Å². The third kappa shape index (κ3) is 3.04. The predicted molar refractivity (Wildman–Crippen MR) is 91.5 cm³/mol. The van der Waals surface area contributed by atoms with E-state index in [1.54, 1.807) is 42.5 Å². The lowest BCUT2D eigenvalue weighted by Crippen LogP contribution is -2.64. The van der Waals surface area contributed by atoms with Crippen LogP contribution in [0.5, 0.6) is 0 Å². The number of nitriles is 1. The summed E-state index contributed by atoms with van der Waals surface area (Å²) < 4.78 is 38.6. The molecule has 7 heteroatoms. The Morgan fingerprint density at radius 1 is 1.20 bits per heavy atom. The third-order valence-electron chi connectivity index (χ3n) is 4.54. The Hall–Kier alpha value is -2.27. The largest absolute Gasteiger partial charge is 0.395 e. The standard InChI is InChI=1S/C18H17FN2O3S/c1-25(23,24)21-16(10-20)18(17(21)11-22)13-8-6-12(7-9-13)14-4-2-3-5-15(14)19/h2-9,16-18,22H,11H2,1H3/t16-,17-,18+/m1/s1. The lowest BCUT2D eigenvalue weighted by atomic mass is 9.78. The molecule has 1 saturated heterocycles. The molecule has 130 valence electrons. The maximum atomic E-state index is 13.9. The average molecular weight is 360 g/mol. The lowest BCUT2D eigenvalue weighted by Gasteiger charge is -2.49. The Labute approximate surface area is 146 Å². The zero-order valence-electron chi connectivity index (χ0n) is 13.5. The second kappa shape index (κ2) is 6.56. The van der Waals surface area contributed by atoms with Gasteiger partial charge in [0.15, 0.2) is 0 Å². The zero-order chi connectivity index (χ0) is 18.2. The van der Waals surface area contributed by atoms with Gasteiger partial charge in [0.1, 0.15) is 11.9 Å². The Balaban J connectivity index is 1.92. The second-order valence-electron chi connectivity index (χ2n) is 6.04. The van der Waals surface area contributed by atoms with Crippen molar-refractivity contribution in [3.8, 4) is 17.2 Å². The van der Waals surface area contributed by atoms with Crippen LogP contribution in [0.3, 0.4) is 0 Å². The molecule has 0 aromatic heterocycles. The normalized spacial score (nSPS) is 23.7. The molecule has 2 aromatic carbocycles. The maximum absolute atomic E-state index is 13.9. The van der Waals surface area contributed by atoms with Gasteiger partial charge in [0.05, 0.1) is 25.0 Å². The van der Waals surface area contributed by atoms with Crippen LogP contribution in [-0.4, -0.2) is 42.8 Å². The summed E-state index contributed by atoms with van der Waals surface area (Å²) in [5, 5.41) is 18.9. The number of hydrogen-bond donors (Lipinski definition) is 1. The first-order chi connectivity index (χ1) is 11.9. The summed E-state index contributed by atoms with van der Waals surface area (Å²) in [6.45, 7) is -0.370. The zero-order valence-corrected chi connectivity index (χ0v) is 14.3. The van der Waals surface area contributed by atoms with Crippen molar-refractivity contribution >= 4 is 10.0 Å². The molecule has 0 radical (unpaired) electrons.